The van der Waals surface area contributed by atoms with Crippen LogP contribution in [0.1, 0.15) is 6.92 Å². The van der Waals surface area contributed by atoms with Crippen molar-refractivity contribution in [2.24, 2.45) is 0 Å². The van der Waals surface area contributed by atoms with E-state index in [0.717, 1.165) is 25.3 Å². The number of hydrogen-bond donors (Lipinski definition) is 4. The first-order valence-corrected chi connectivity index (χ1v) is 13.2. The van der Waals surface area contributed by atoms with Crippen LogP contribution in [0, 0.1) is 0 Å². The first-order chi connectivity index (χ1) is 19.4. The molecule has 0 radical (unpaired) electrons. The third-order valence-electron chi connectivity index (χ3n) is 6.40. The lowest BCUT2D eigenvalue weighted by atomic mass is 10.2. The van der Waals surface area contributed by atoms with Crippen LogP contribution >= 0.6 is 23.2 Å². The quantitative estimate of drug-likeness (QED) is 0.217. The molecule has 2 aromatic heterocycles. The van der Waals surface area contributed by atoms with Gasteiger partial charge in [-0.3, -0.25) is 0 Å². The van der Waals surface area contributed by atoms with E-state index in [1.165, 1.54) is 19.5 Å². The van der Waals surface area contributed by atoms with Crippen LogP contribution in [-0.4, -0.2) is 64.9 Å². The Kier molecular flexibility index (Phi) is 8.24. The second-order valence-electron chi connectivity index (χ2n) is 9.07. The number of phenols is 1. The highest BCUT2D eigenvalue weighted by atomic mass is 35.5. The van der Waals surface area contributed by atoms with Crippen LogP contribution in [0.4, 0.5) is 28.8 Å². The molecule has 11 nitrogen and oxygen atoms in total. The lowest BCUT2D eigenvalue weighted by Crippen LogP contribution is -2.49. The zero-order chi connectivity index (χ0) is 28.2. The minimum Gasteiger partial charge on any atom is -0.506 e. The largest absolute Gasteiger partial charge is 0.506 e. The van der Waals surface area contributed by atoms with Gasteiger partial charge in [-0.2, -0.15) is 4.98 Å². The van der Waals surface area contributed by atoms with Crippen molar-refractivity contribution < 1.29 is 14.6 Å². The Morgan fingerprint density at radius 2 is 1.85 bits per heavy atom. The Morgan fingerprint density at radius 1 is 1.02 bits per heavy atom. The molecule has 1 fully saturated rings. The van der Waals surface area contributed by atoms with Crippen molar-refractivity contribution in [2.45, 2.75) is 13.0 Å². The molecule has 208 valence electrons. The molecule has 4 N–H and O–H groups in total. The second-order valence-corrected chi connectivity index (χ2v) is 9.82. The Hall–Kier alpha value is -4.06. The van der Waals surface area contributed by atoms with E-state index in [9.17, 15) is 5.11 Å². The average Bonchev–Trinajstić information content (AvgIpc) is 2.97. The summed E-state index contributed by atoms with van der Waals surface area (Å²) in [4.78, 5) is 20.0. The van der Waals surface area contributed by atoms with E-state index in [4.69, 9.17) is 32.7 Å². The minimum atomic E-state index is -0.194. The van der Waals surface area contributed by atoms with Gasteiger partial charge in [-0.15, -0.1) is 0 Å². The maximum Gasteiger partial charge on any atom is 0.230 e. The number of pyridine rings is 1. The summed E-state index contributed by atoms with van der Waals surface area (Å²) in [5.41, 5.74) is 2.58. The number of aromatic hydroxyl groups is 1. The van der Waals surface area contributed by atoms with Crippen LogP contribution in [0.25, 0.3) is 11.4 Å². The fraction of sp³-hybridized carbons (Fsp3) is 0.259. The van der Waals surface area contributed by atoms with Gasteiger partial charge in [0.2, 0.25) is 5.95 Å². The summed E-state index contributed by atoms with van der Waals surface area (Å²) in [7, 11) is 3.07. The SMILES string of the molecule is COc1cc(N2CCN[C@@H](C)C2)ccc1Nc1ncnc(-c2cccnc2Nc2c(Cl)c(O)cc(OC)c2Cl)n1. The minimum absolute atomic E-state index is 0.0196. The molecule has 0 saturated carbocycles. The number of benzene rings is 2. The first kappa shape index (κ1) is 27.5. The van der Waals surface area contributed by atoms with Crippen molar-refractivity contribution in [1.29, 1.82) is 0 Å². The maximum atomic E-state index is 10.2. The van der Waals surface area contributed by atoms with Crippen LogP contribution < -0.4 is 30.3 Å². The summed E-state index contributed by atoms with van der Waals surface area (Å²) in [6, 6.07) is 11.3. The van der Waals surface area contributed by atoms with Crippen molar-refractivity contribution in [3.8, 4) is 28.6 Å². The molecule has 1 atom stereocenters. The number of hydrogen-bond acceptors (Lipinski definition) is 11. The number of aromatic nitrogens is 4. The van der Waals surface area contributed by atoms with Gasteiger partial charge in [0.1, 0.15) is 39.4 Å². The lowest BCUT2D eigenvalue weighted by Gasteiger charge is -2.34. The average molecular weight is 583 g/mol. The molecule has 40 heavy (non-hydrogen) atoms. The normalized spacial score (nSPS) is 15.0. The van der Waals surface area contributed by atoms with E-state index in [0.29, 0.717) is 40.6 Å². The molecule has 1 aliphatic rings. The number of rotatable bonds is 8. The topological polar surface area (TPSA) is 130 Å². The predicted molar refractivity (Wildman–Crippen MR) is 157 cm³/mol. The van der Waals surface area contributed by atoms with Crippen molar-refractivity contribution in [3.05, 3.63) is 59.0 Å². The Labute approximate surface area is 241 Å². The molecule has 1 saturated heterocycles. The second kappa shape index (κ2) is 12.0. The molecule has 0 unspecified atom stereocenters. The molecule has 1 aliphatic heterocycles. The van der Waals surface area contributed by atoms with E-state index >= 15 is 0 Å². The van der Waals surface area contributed by atoms with E-state index < -0.39 is 0 Å². The van der Waals surface area contributed by atoms with Gasteiger partial charge >= 0.3 is 0 Å². The smallest absolute Gasteiger partial charge is 0.230 e. The third-order valence-corrected chi connectivity index (χ3v) is 7.16. The molecule has 2 aromatic carbocycles. The summed E-state index contributed by atoms with van der Waals surface area (Å²) in [6.07, 6.45) is 3.00. The van der Waals surface area contributed by atoms with Gasteiger partial charge in [0.25, 0.3) is 0 Å². The standard InChI is InChI=1S/C27H28Cl2N8O3/c1-15-13-37(10-9-30-15)16-6-7-18(20(11-16)39-2)34-27-33-14-32-26(36-27)17-5-4-8-31-25(17)35-24-22(28)19(38)12-21(40-3)23(24)29/h4-8,11-12,14-15,30,38H,9-10,13H2,1-3H3,(H,31,35)(H,32,33,34,36)/t15-/m0/s1. The van der Waals surface area contributed by atoms with Gasteiger partial charge in [-0.1, -0.05) is 23.2 Å². The van der Waals surface area contributed by atoms with Crippen LogP contribution in [0.3, 0.4) is 0 Å². The van der Waals surface area contributed by atoms with Crippen LogP contribution in [0.5, 0.6) is 17.2 Å². The number of piperazine rings is 1. The molecule has 0 spiro atoms. The molecule has 0 aliphatic carbocycles. The third kappa shape index (κ3) is 5.76. The highest BCUT2D eigenvalue weighted by Gasteiger charge is 2.20. The van der Waals surface area contributed by atoms with Gasteiger partial charge in [0.05, 0.1) is 31.2 Å². The number of methoxy groups -OCH3 is 2. The van der Waals surface area contributed by atoms with Crippen molar-refractivity contribution in [1.82, 2.24) is 25.3 Å². The van der Waals surface area contributed by atoms with Gasteiger partial charge in [0.15, 0.2) is 5.82 Å². The number of nitrogens with zero attached hydrogens (tertiary/aromatic N) is 5. The lowest BCUT2D eigenvalue weighted by molar-refractivity contribution is 0.408. The monoisotopic (exact) mass is 582 g/mol. The van der Waals surface area contributed by atoms with Gasteiger partial charge in [0, 0.05) is 49.7 Å². The zero-order valence-electron chi connectivity index (χ0n) is 22.1. The molecular formula is C27H28Cl2N8O3. The van der Waals surface area contributed by atoms with E-state index in [1.807, 2.05) is 18.2 Å². The van der Waals surface area contributed by atoms with Crippen molar-refractivity contribution in [2.75, 3.05) is 49.4 Å². The predicted octanol–water partition coefficient (Wildman–Crippen LogP) is 5.25. The molecule has 5 rings (SSSR count). The summed E-state index contributed by atoms with van der Waals surface area (Å²) in [5.74, 6) is 1.75. The Morgan fingerprint density at radius 3 is 2.62 bits per heavy atom. The van der Waals surface area contributed by atoms with Crippen molar-refractivity contribution >= 4 is 52.0 Å². The van der Waals surface area contributed by atoms with Crippen molar-refractivity contribution in [3.63, 3.8) is 0 Å². The van der Waals surface area contributed by atoms with Gasteiger partial charge in [-0.25, -0.2) is 15.0 Å². The number of nitrogens with one attached hydrogen (secondary N) is 3. The Bertz CT molecular complexity index is 1520. The number of ether oxygens (including phenoxy) is 2. The zero-order valence-corrected chi connectivity index (χ0v) is 23.6. The summed E-state index contributed by atoms with van der Waals surface area (Å²) >= 11 is 12.8. The molecule has 0 bridgehead atoms. The van der Waals surface area contributed by atoms with Gasteiger partial charge in [-0.05, 0) is 31.2 Å². The van der Waals surface area contributed by atoms with Crippen LogP contribution in [-0.2, 0) is 0 Å². The fourth-order valence-corrected chi connectivity index (χ4v) is 4.93. The van der Waals surface area contributed by atoms with E-state index in [1.54, 1.807) is 25.4 Å². The number of anilines is 5. The molecule has 13 heteroatoms. The number of phenolic OH excluding ortho intramolecular Hbond substituents is 1. The Balaban J connectivity index is 1.42. The maximum absolute atomic E-state index is 10.2. The molecular weight excluding hydrogens is 555 g/mol. The van der Waals surface area contributed by atoms with Crippen LogP contribution in [0.2, 0.25) is 10.0 Å². The van der Waals surface area contributed by atoms with E-state index in [-0.39, 0.29) is 27.2 Å². The summed E-state index contributed by atoms with van der Waals surface area (Å²) in [6.45, 7) is 4.94. The first-order valence-electron chi connectivity index (χ1n) is 12.5. The molecule has 3 heterocycles. The van der Waals surface area contributed by atoms with Crippen LogP contribution in [0.15, 0.2) is 48.9 Å². The highest BCUT2D eigenvalue weighted by molar-refractivity contribution is 6.41. The van der Waals surface area contributed by atoms with E-state index in [2.05, 4.69) is 47.7 Å². The highest BCUT2D eigenvalue weighted by Crippen LogP contribution is 2.45. The summed E-state index contributed by atoms with van der Waals surface area (Å²) in [5, 5.41) is 20.2. The molecule has 0 amide bonds. The fourth-order valence-electron chi connectivity index (χ4n) is 4.41. The molecule has 4 aromatic rings. The summed E-state index contributed by atoms with van der Waals surface area (Å²) < 4.78 is 10.9. The number of halogens is 2. The van der Waals surface area contributed by atoms with Gasteiger partial charge < -0.3 is 35.4 Å².